The van der Waals surface area contributed by atoms with Gasteiger partial charge in [0.15, 0.2) is 11.5 Å². The second-order valence-corrected chi connectivity index (χ2v) is 11.2. The SMILES string of the molecule is CCCCCCCCC=CCCCCCCCC(=O)OCCCc1ccc2oc(-c3ccc4c(c3)OCO4)cc2c1. The van der Waals surface area contributed by atoms with E-state index in [-0.39, 0.29) is 12.8 Å². The monoisotopic (exact) mass is 560 g/mol. The summed E-state index contributed by atoms with van der Waals surface area (Å²) in [6.45, 7) is 3.00. The maximum atomic E-state index is 12.1. The Hall–Kier alpha value is -3.21. The van der Waals surface area contributed by atoms with Crippen molar-refractivity contribution in [3.8, 4) is 22.8 Å². The highest BCUT2D eigenvalue weighted by molar-refractivity contribution is 5.83. The van der Waals surface area contributed by atoms with E-state index in [1.165, 1.54) is 76.2 Å². The van der Waals surface area contributed by atoms with Crippen LogP contribution >= 0.6 is 0 Å². The van der Waals surface area contributed by atoms with Crippen LogP contribution in [0.1, 0.15) is 109 Å². The first-order valence-corrected chi connectivity index (χ1v) is 16.0. The van der Waals surface area contributed by atoms with E-state index < -0.39 is 0 Å². The molecular weight excluding hydrogens is 512 g/mol. The number of ether oxygens (including phenoxy) is 3. The molecule has 3 aromatic rings. The van der Waals surface area contributed by atoms with Gasteiger partial charge in [-0.05, 0) is 86.9 Å². The number of furan rings is 1. The van der Waals surface area contributed by atoms with Crippen molar-refractivity contribution in [2.75, 3.05) is 13.4 Å². The lowest BCUT2D eigenvalue weighted by Gasteiger charge is -2.05. The summed E-state index contributed by atoms with van der Waals surface area (Å²) in [6, 6.07) is 14.2. The third-order valence-corrected chi connectivity index (χ3v) is 7.75. The number of hydrogen-bond acceptors (Lipinski definition) is 5. The summed E-state index contributed by atoms with van der Waals surface area (Å²) in [6.07, 6.45) is 23.3. The van der Waals surface area contributed by atoms with Crippen LogP contribution in [-0.4, -0.2) is 19.4 Å². The van der Waals surface area contributed by atoms with Crippen LogP contribution in [0.25, 0.3) is 22.3 Å². The van der Waals surface area contributed by atoms with Crippen molar-refractivity contribution in [3.63, 3.8) is 0 Å². The van der Waals surface area contributed by atoms with E-state index in [1.54, 1.807) is 0 Å². The average Bonchev–Trinajstić information content (AvgIpc) is 3.64. The van der Waals surface area contributed by atoms with Crippen LogP contribution in [0.5, 0.6) is 11.5 Å². The van der Waals surface area contributed by atoms with Gasteiger partial charge in [0.2, 0.25) is 6.79 Å². The molecule has 0 saturated carbocycles. The fourth-order valence-corrected chi connectivity index (χ4v) is 5.31. The van der Waals surface area contributed by atoms with E-state index in [4.69, 9.17) is 18.6 Å². The van der Waals surface area contributed by atoms with Crippen LogP contribution in [-0.2, 0) is 16.0 Å². The Kier molecular flexibility index (Phi) is 13.2. The largest absolute Gasteiger partial charge is 0.466 e. The first-order chi connectivity index (χ1) is 20.2. The van der Waals surface area contributed by atoms with E-state index in [1.807, 2.05) is 24.3 Å². The summed E-state index contributed by atoms with van der Waals surface area (Å²) in [5, 5.41) is 1.07. The molecule has 222 valence electrons. The molecule has 0 fully saturated rings. The first kappa shape index (κ1) is 30.7. The zero-order valence-electron chi connectivity index (χ0n) is 25.0. The predicted octanol–water partition coefficient (Wildman–Crippen LogP) is 10.3. The quantitative estimate of drug-likeness (QED) is 0.0781. The topological polar surface area (TPSA) is 57.9 Å². The molecule has 41 heavy (non-hydrogen) atoms. The second kappa shape index (κ2) is 17.6. The molecule has 2 heterocycles. The molecule has 0 bridgehead atoms. The van der Waals surface area contributed by atoms with Gasteiger partial charge in [-0.3, -0.25) is 4.79 Å². The van der Waals surface area contributed by atoms with E-state index >= 15 is 0 Å². The molecule has 2 aromatic carbocycles. The minimum Gasteiger partial charge on any atom is -0.466 e. The van der Waals surface area contributed by atoms with E-state index in [9.17, 15) is 4.79 Å². The summed E-state index contributed by atoms with van der Waals surface area (Å²) < 4.78 is 22.4. The highest BCUT2D eigenvalue weighted by Crippen LogP contribution is 2.37. The van der Waals surface area contributed by atoms with Crippen LogP contribution < -0.4 is 9.47 Å². The van der Waals surface area contributed by atoms with Crippen molar-refractivity contribution in [2.45, 2.75) is 110 Å². The van der Waals surface area contributed by atoms with E-state index in [0.717, 1.165) is 59.5 Å². The third kappa shape index (κ3) is 10.6. The zero-order valence-corrected chi connectivity index (χ0v) is 25.0. The minimum atomic E-state index is -0.0683. The summed E-state index contributed by atoms with van der Waals surface area (Å²) in [4.78, 5) is 12.1. The van der Waals surface area contributed by atoms with Gasteiger partial charge in [0.25, 0.3) is 0 Å². The maximum absolute atomic E-state index is 12.1. The first-order valence-electron chi connectivity index (χ1n) is 16.0. The Morgan fingerprint density at radius 3 is 2.32 bits per heavy atom. The molecule has 0 spiro atoms. The fraction of sp³-hybridized carbons (Fsp3) is 0.528. The van der Waals surface area contributed by atoms with Crippen molar-refractivity contribution in [1.82, 2.24) is 0 Å². The Labute approximate surface area is 246 Å². The molecule has 0 unspecified atom stereocenters. The molecule has 0 N–H and O–H groups in total. The van der Waals surface area contributed by atoms with E-state index in [0.29, 0.717) is 13.0 Å². The lowest BCUT2D eigenvalue weighted by molar-refractivity contribution is -0.143. The summed E-state index contributed by atoms with van der Waals surface area (Å²) >= 11 is 0. The van der Waals surface area contributed by atoms with E-state index in [2.05, 4.69) is 37.3 Å². The van der Waals surface area contributed by atoms with Crippen molar-refractivity contribution in [3.05, 3.63) is 60.2 Å². The second-order valence-electron chi connectivity index (χ2n) is 11.2. The number of unbranched alkanes of at least 4 members (excludes halogenated alkanes) is 11. The molecule has 1 aliphatic heterocycles. The number of esters is 1. The summed E-state index contributed by atoms with van der Waals surface area (Å²) in [5.41, 5.74) is 3.03. The van der Waals surface area contributed by atoms with Gasteiger partial charge < -0.3 is 18.6 Å². The number of hydrogen-bond donors (Lipinski definition) is 0. The Balaban J connectivity index is 1.01. The van der Waals surface area contributed by atoms with Gasteiger partial charge in [-0.15, -0.1) is 0 Å². The number of carbonyl (C=O) groups excluding carboxylic acids is 1. The lowest BCUT2D eigenvalue weighted by Crippen LogP contribution is -2.06. The number of fused-ring (bicyclic) bond motifs is 2. The number of benzene rings is 2. The Morgan fingerprint density at radius 2 is 1.51 bits per heavy atom. The molecule has 0 amide bonds. The molecule has 0 atom stereocenters. The van der Waals surface area contributed by atoms with Gasteiger partial charge in [0.1, 0.15) is 11.3 Å². The van der Waals surface area contributed by atoms with Gasteiger partial charge in [-0.2, -0.15) is 0 Å². The third-order valence-electron chi connectivity index (χ3n) is 7.75. The standard InChI is InChI=1S/C36H48O5/c1-2-3-4-5-6-7-8-9-10-11-12-13-14-15-16-19-36(37)38-24-17-18-29-20-22-32-31(25-29)27-34(41-32)30-21-23-33-35(26-30)40-28-39-33/h9-10,20-23,25-27H,2-8,11-19,24,28H2,1H3. The van der Waals surface area contributed by atoms with Crippen molar-refractivity contribution in [1.29, 1.82) is 0 Å². The normalized spacial score (nSPS) is 12.5. The number of allylic oxidation sites excluding steroid dienone is 2. The number of aryl methyl sites for hydroxylation is 1. The lowest BCUT2D eigenvalue weighted by atomic mass is 10.1. The minimum absolute atomic E-state index is 0.0683. The van der Waals surface area contributed by atoms with Crippen LogP contribution in [0.15, 0.2) is 59.0 Å². The van der Waals surface area contributed by atoms with Gasteiger partial charge in [-0.25, -0.2) is 0 Å². The highest BCUT2D eigenvalue weighted by atomic mass is 16.7. The molecule has 5 heteroatoms. The van der Waals surface area contributed by atoms with Gasteiger partial charge in [0, 0.05) is 17.4 Å². The van der Waals surface area contributed by atoms with Crippen LogP contribution in [0.2, 0.25) is 0 Å². The molecule has 0 radical (unpaired) electrons. The zero-order chi connectivity index (χ0) is 28.5. The van der Waals surface area contributed by atoms with Gasteiger partial charge >= 0.3 is 5.97 Å². The fourth-order valence-electron chi connectivity index (χ4n) is 5.31. The van der Waals surface area contributed by atoms with Gasteiger partial charge in [-0.1, -0.05) is 76.5 Å². The Morgan fingerprint density at radius 1 is 0.780 bits per heavy atom. The van der Waals surface area contributed by atoms with Crippen molar-refractivity contribution >= 4 is 16.9 Å². The number of carbonyl (C=O) groups is 1. The van der Waals surface area contributed by atoms with Crippen molar-refractivity contribution < 1.29 is 23.4 Å². The number of rotatable bonds is 20. The summed E-state index contributed by atoms with van der Waals surface area (Å²) in [7, 11) is 0. The Bertz CT molecular complexity index is 1220. The van der Waals surface area contributed by atoms with Crippen molar-refractivity contribution in [2.24, 2.45) is 0 Å². The summed E-state index contributed by atoms with van der Waals surface area (Å²) in [5.74, 6) is 2.25. The van der Waals surface area contributed by atoms with Crippen LogP contribution in [0.4, 0.5) is 0 Å². The molecule has 5 nitrogen and oxygen atoms in total. The molecular formula is C36H48O5. The average molecular weight is 561 g/mol. The molecule has 1 aliphatic rings. The van der Waals surface area contributed by atoms with Crippen LogP contribution in [0, 0.1) is 0 Å². The van der Waals surface area contributed by atoms with Crippen LogP contribution in [0.3, 0.4) is 0 Å². The predicted molar refractivity (Wildman–Crippen MR) is 167 cm³/mol. The molecule has 0 saturated heterocycles. The molecule has 4 rings (SSSR count). The highest BCUT2D eigenvalue weighted by Gasteiger charge is 2.16. The maximum Gasteiger partial charge on any atom is 0.305 e. The smallest absolute Gasteiger partial charge is 0.305 e. The molecule has 0 aliphatic carbocycles. The van der Waals surface area contributed by atoms with Gasteiger partial charge in [0.05, 0.1) is 6.61 Å². The molecule has 1 aromatic heterocycles.